The van der Waals surface area contributed by atoms with Crippen LogP contribution in [0.5, 0.6) is 0 Å². The van der Waals surface area contributed by atoms with Crippen LogP contribution in [0.4, 0.5) is 0 Å². The summed E-state index contributed by atoms with van der Waals surface area (Å²) >= 11 is 0. The van der Waals surface area contributed by atoms with E-state index in [1.54, 1.807) is 0 Å². The van der Waals surface area contributed by atoms with Gasteiger partial charge in [-0.05, 0) is 50.1 Å². The molecule has 0 spiro atoms. The second-order valence-corrected chi connectivity index (χ2v) is 22.1. The van der Waals surface area contributed by atoms with E-state index in [1.165, 1.54) is 20.7 Å². The molecule has 0 aliphatic heterocycles. The first kappa shape index (κ1) is 44.2. The third kappa shape index (κ3) is 7.96. The third-order valence-corrected chi connectivity index (χ3v) is 18.7. The zero-order chi connectivity index (χ0) is 49.3. The van der Waals surface area contributed by atoms with Gasteiger partial charge in [0.15, 0.2) is 37.2 Å². The Morgan fingerprint density at radius 1 is 0.243 bits per heavy atom. The maximum absolute atomic E-state index is 5.49. The van der Waals surface area contributed by atoms with E-state index in [-0.39, 0.29) is 0 Å². The fourth-order valence-corrected chi connectivity index (χ4v) is 15.3. The van der Waals surface area contributed by atoms with E-state index in [1.807, 2.05) is 60.7 Å². The fraction of sp³-hybridized carbons (Fsp3) is 0. The molecule has 0 aliphatic carbocycles. The quantitative estimate of drug-likeness (QED) is 0.0949. The Bertz CT molecular complexity index is 3920. The second-order valence-electron chi connectivity index (χ2n) is 18.2. The molecule has 0 amide bonds. The van der Waals surface area contributed by atoms with Crippen LogP contribution in [0.25, 0.3) is 95.8 Å². The number of fused-ring (bicyclic) bond motifs is 3. The minimum absolute atomic E-state index is 0.529. The monoisotopic (exact) mass is 963 g/mol. The van der Waals surface area contributed by atoms with Crippen molar-refractivity contribution in [1.29, 1.82) is 0 Å². The van der Waals surface area contributed by atoms with Crippen LogP contribution in [0.15, 0.2) is 273 Å². The van der Waals surface area contributed by atoms with Gasteiger partial charge in [-0.1, -0.05) is 255 Å². The number of benzene rings is 10. The first-order valence-corrected chi connectivity index (χ1v) is 26.8. The molecule has 0 N–H and O–H groups in total. The van der Waals surface area contributed by atoms with Gasteiger partial charge in [0.1, 0.15) is 0 Å². The molecular weight excluding hydrogens is 919 g/mol. The maximum Gasteiger partial charge on any atom is 0.238 e. The Labute approximate surface area is 429 Å². The molecule has 10 aromatic carbocycles. The average molecular weight is 964 g/mol. The van der Waals surface area contributed by atoms with E-state index in [0.717, 1.165) is 60.8 Å². The van der Waals surface area contributed by atoms with Crippen LogP contribution >= 0.6 is 0 Å². The van der Waals surface area contributed by atoms with E-state index < -0.39 is 8.07 Å². The van der Waals surface area contributed by atoms with Crippen LogP contribution in [-0.2, 0) is 0 Å². The van der Waals surface area contributed by atoms with Crippen LogP contribution in [0.2, 0.25) is 0 Å². The Morgan fingerprint density at radius 2 is 0.595 bits per heavy atom. The number of hydrogen-bond acceptors (Lipinski definition) is 6. The standard InChI is InChI=1S/C66H45N7Si/c1-6-24-46(25-7-1)61-67-62(47-26-8-2-9-27-47)69-63(68-61)49-29-22-28-48(44-49)55-38-16-17-41-58(55)65-70-64(71-66(72-65)73-59-42-20-18-39-56(59)57-40-19-21-43-60(57)73)50-30-23-37-54(45-50)74(51-31-10-3-11-32-51,52-33-12-4-13-34-52)53-35-14-5-15-36-53/h1-45H. The fourth-order valence-electron chi connectivity index (χ4n) is 10.5. The van der Waals surface area contributed by atoms with Crippen molar-refractivity contribution >= 4 is 50.6 Å². The molecule has 13 aromatic rings. The van der Waals surface area contributed by atoms with E-state index >= 15 is 0 Å². The van der Waals surface area contributed by atoms with Crippen molar-refractivity contribution in [3.05, 3.63) is 273 Å². The highest BCUT2D eigenvalue weighted by Gasteiger charge is 2.41. The van der Waals surface area contributed by atoms with Crippen molar-refractivity contribution < 1.29 is 0 Å². The molecule has 3 aromatic heterocycles. The highest BCUT2D eigenvalue weighted by molar-refractivity contribution is 7.19. The smallest absolute Gasteiger partial charge is 0.238 e. The third-order valence-electron chi connectivity index (χ3n) is 13.9. The molecule has 0 bridgehead atoms. The van der Waals surface area contributed by atoms with Gasteiger partial charge in [-0.15, -0.1) is 0 Å². The summed E-state index contributed by atoms with van der Waals surface area (Å²) in [4.78, 5) is 31.5. The van der Waals surface area contributed by atoms with Crippen molar-refractivity contribution in [2.45, 2.75) is 0 Å². The Hall–Kier alpha value is -9.76. The normalized spacial score (nSPS) is 11.5. The van der Waals surface area contributed by atoms with Gasteiger partial charge in [-0.2, -0.15) is 9.97 Å². The lowest BCUT2D eigenvalue weighted by Gasteiger charge is -2.34. The zero-order valence-electron chi connectivity index (χ0n) is 40.1. The van der Waals surface area contributed by atoms with Gasteiger partial charge < -0.3 is 0 Å². The Kier molecular flexibility index (Phi) is 11.4. The summed E-state index contributed by atoms with van der Waals surface area (Å²) in [6.07, 6.45) is 0. The van der Waals surface area contributed by atoms with Gasteiger partial charge in [0.25, 0.3) is 0 Å². The summed E-state index contributed by atoms with van der Waals surface area (Å²) in [5.41, 5.74) is 8.39. The molecule has 3 heterocycles. The van der Waals surface area contributed by atoms with Gasteiger partial charge in [0, 0.05) is 38.6 Å². The van der Waals surface area contributed by atoms with Crippen LogP contribution < -0.4 is 20.7 Å². The Balaban J connectivity index is 1.02. The van der Waals surface area contributed by atoms with Gasteiger partial charge in [-0.25, -0.2) is 19.9 Å². The van der Waals surface area contributed by atoms with Crippen molar-refractivity contribution in [3.63, 3.8) is 0 Å². The molecule has 0 unspecified atom stereocenters. The zero-order valence-corrected chi connectivity index (χ0v) is 41.1. The number of para-hydroxylation sites is 2. The molecule has 8 heteroatoms. The molecule has 13 rings (SSSR count). The Morgan fingerprint density at radius 3 is 1.14 bits per heavy atom. The summed E-state index contributed by atoms with van der Waals surface area (Å²) < 4.78 is 2.18. The van der Waals surface area contributed by atoms with E-state index in [0.29, 0.717) is 35.1 Å². The van der Waals surface area contributed by atoms with Crippen molar-refractivity contribution in [2.75, 3.05) is 0 Å². The van der Waals surface area contributed by atoms with E-state index in [9.17, 15) is 0 Å². The lowest BCUT2D eigenvalue weighted by atomic mass is 9.97. The molecule has 7 nitrogen and oxygen atoms in total. The van der Waals surface area contributed by atoms with Crippen LogP contribution in [0, 0.1) is 0 Å². The lowest BCUT2D eigenvalue weighted by Crippen LogP contribution is -2.74. The van der Waals surface area contributed by atoms with Gasteiger partial charge in [0.2, 0.25) is 5.95 Å². The van der Waals surface area contributed by atoms with E-state index in [2.05, 4.69) is 217 Å². The summed E-state index contributed by atoms with van der Waals surface area (Å²) in [5.74, 6) is 3.44. The SMILES string of the molecule is c1ccc(-c2nc(-c3ccccc3)nc(-c3cccc(-c4ccccc4-c4nc(-c5cccc([Si](c6ccccc6)(c6ccccc6)c6ccccc6)c5)nc(-n5c6ccccc6c6ccccc65)n4)c3)n2)cc1. The first-order chi connectivity index (χ1) is 36.7. The number of hydrogen-bond donors (Lipinski definition) is 0. The minimum Gasteiger partial charge on any atom is -0.278 e. The molecule has 348 valence electrons. The van der Waals surface area contributed by atoms with Crippen LogP contribution in [0.3, 0.4) is 0 Å². The van der Waals surface area contributed by atoms with E-state index in [4.69, 9.17) is 29.9 Å². The highest BCUT2D eigenvalue weighted by Crippen LogP contribution is 2.36. The average Bonchev–Trinajstić information content (AvgIpc) is 3.83. The summed E-state index contributed by atoms with van der Waals surface area (Å²) in [5, 5.41) is 7.34. The first-order valence-electron chi connectivity index (χ1n) is 24.8. The number of rotatable bonds is 11. The molecule has 0 aliphatic rings. The predicted molar refractivity (Wildman–Crippen MR) is 304 cm³/mol. The molecule has 0 atom stereocenters. The van der Waals surface area contributed by atoms with Crippen LogP contribution in [0.1, 0.15) is 0 Å². The molecule has 0 fully saturated rings. The van der Waals surface area contributed by atoms with Crippen LogP contribution in [-0.4, -0.2) is 42.5 Å². The van der Waals surface area contributed by atoms with Gasteiger partial charge in [-0.3, -0.25) is 4.57 Å². The largest absolute Gasteiger partial charge is 0.278 e. The van der Waals surface area contributed by atoms with Crippen molar-refractivity contribution in [3.8, 4) is 74.0 Å². The summed E-state index contributed by atoms with van der Waals surface area (Å²) in [7, 11) is -2.90. The molecular formula is C66H45N7Si. The lowest BCUT2D eigenvalue weighted by molar-refractivity contribution is 0.954. The van der Waals surface area contributed by atoms with Crippen molar-refractivity contribution in [1.82, 2.24) is 34.5 Å². The molecule has 74 heavy (non-hydrogen) atoms. The maximum atomic E-state index is 5.49. The molecule has 0 saturated carbocycles. The number of nitrogens with zero attached hydrogens (tertiary/aromatic N) is 7. The van der Waals surface area contributed by atoms with Gasteiger partial charge >= 0.3 is 0 Å². The molecule has 0 saturated heterocycles. The minimum atomic E-state index is -2.90. The number of aromatic nitrogens is 7. The van der Waals surface area contributed by atoms with Gasteiger partial charge in [0.05, 0.1) is 11.0 Å². The highest BCUT2D eigenvalue weighted by atomic mass is 28.3. The van der Waals surface area contributed by atoms with Crippen molar-refractivity contribution in [2.24, 2.45) is 0 Å². The second kappa shape index (κ2) is 19.1. The topological polar surface area (TPSA) is 82.3 Å². The summed E-state index contributed by atoms with van der Waals surface area (Å²) in [6.45, 7) is 0. The predicted octanol–water partition coefficient (Wildman–Crippen LogP) is 12.5. The summed E-state index contributed by atoms with van der Waals surface area (Å²) in [6, 6.07) is 95.7. The molecule has 0 radical (unpaired) electrons.